The van der Waals surface area contributed by atoms with E-state index >= 15 is 0 Å². The third-order valence-corrected chi connectivity index (χ3v) is 4.09. The van der Waals surface area contributed by atoms with Gasteiger partial charge in [-0.05, 0) is 56.8 Å². The number of rotatable bonds is 4. The second-order valence-electron chi connectivity index (χ2n) is 5.72. The van der Waals surface area contributed by atoms with Crippen LogP contribution in [0.2, 0.25) is 0 Å². The zero-order valence-electron chi connectivity index (χ0n) is 12.0. The molecule has 0 radical (unpaired) electrons. The summed E-state index contributed by atoms with van der Waals surface area (Å²) in [5, 5.41) is 3.60. The molecule has 100 valence electrons. The van der Waals surface area contributed by atoms with Crippen LogP contribution in [0.1, 0.15) is 30.9 Å². The summed E-state index contributed by atoms with van der Waals surface area (Å²) in [7, 11) is 0. The number of hydrogen-bond donors (Lipinski definition) is 1. The van der Waals surface area contributed by atoms with E-state index in [4.69, 9.17) is 0 Å². The maximum Gasteiger partial charge on any atom is 0.0400 e. The average Bonchev–Trinajstić information content (AvgIpc) is 2.35. The number of benzene rings is 1. The first-order chi connectivity index (χ1) is 8.66. The largest absolute Gasteiger partial charge is 0.383 e. The fourth-order valence-electron chi connectivity index (χ4n) is 2.72. The predicted octanol–water partition coefficient (Wildman–Crippen LogP) is 3.45. The highest BCUT2D eigenvalue weighted by atomic mass is 15.1. The van der Waals surface area contributed by atoms with Crippen molar-refractivity contribution < 1.29 is 0 Å². The van der Waals surface area contributed by atoms with Crippen LogP contribution in [0.25, 0.3) is 0 Å². The number of anilines is 1. The van der Waals surface area contributed by atoms with E-state index in [0.29, 0.717) is 0 Å². The van der Waals surface area contributed by atoms with Gasteiger partial charge in [0.05, 0.1) is 0 Å². The summed E-state index contributed by atoms with van der Waals surface area (Å²) < 4.78 is 0. The number of nitrogens with one attached hydrogen (secondary N) is 1. The van der Waals surface area contributed by atoms with E-state index in [1.54, 1.807) is 0 Å². The normalized spacial score (nSPS) is 17.9. The Morgan fingerprint density at radius 2 is 1.78 bits per heavy atom. The molecule has 2 nitrogen and oxygen atoms in total. The molecule has 0 aromatic heterocycles. The summed E-state index contributed by atoms with van der Waals surface area (Å²) in [6.45, 7) is 11.5. The highest BCUT2D eigenvalue weighted by molar-refractivity contribution is 5.56. The van der Waals surface area contributed by atoms with Crippen molar-refractivity contribution in [3.63, 3.8) is 0 Å². The molecule has 2 heteroatoms. The van der Waals surface area contributed by atoms with Crippen molar-refractivity contribution in [2.45, 2.75) is 33.6 Å². The summed E-state index contributed by atoms with van der Waals surface area (Å²) in [6.07, 6.45) is 2.73. The summed E-state index contributed by atoms with van der Waals surface area (Å²) in [5.41, 5.74) is 4.02. The van der Waals surface area contributed by atoms with Crippen LogP contribution < -0.4 is 5.32 Å². The SMILES string of the molecule is Cc1cccc(C)c1NCCN1CCC(C)CC1. The van der Waals surface area contributed by atoms with Crippen molar-refractivity contribution in [2.24, 2.45) is 5.92 Å². The van der Waals surface area contributed by atoms with Gasteiger partial charge in [-0.25, -0.2) is 0 Å². The Kier molecular flexibility index (Phi) is 4.65. The quantitative estimate of drug-likeness (QED) is 0.875. The van der Waals surface area contributed by atoms with Crippen LogP contribution in [0.4, 0.5) is 5.69 Å². The predicted molar refractivity (Wildman–Crippen MR) is 79.2 cm³/mol. The zero-order valence-corrected chi connectivity index (χ0v) is 12.0. The first-order valence-corrected chi connectivity index (χ1v) is 7.19. The lowest BCUT2D eigenvalue weighted by Gasteiger charge is -2.30. The van der Waals surface area contributed by atoms with E-state index in [2.05, 4.69) is 49.2 Å². The van der Waals surface area contributed by atoms with Crippen molar-refractivity contribution in [3.8, 4) is 0 Å². The first kappa shape index (κ1) is 13.4. The molecule has 1 aliphatic heterocycles. The van der Waals surface area contributed by atoms with Crippen molar-refractivity contribution in [2.75, 3.05) is 31.5 Å². The maximum absolute atomic E-state index is 3.60. The molecule has 0 spiro atoms. The fraction of sp³-hybridized carbons (Fsp3) is 0.625. The van der Waals surface area contributed by atoms with Crippen LogP contribution in [0.3, 0.4) is 0 Å². The molecule has 0 unspecified atom stereocenters. The Labute approximate surface area is 111 Å². The standard InChI is InChI=1S/C16H26N2/c1-13-7-10-18(11-8-13)12-9-17-16-14(2)5-4-6-15(16)3/h4-6,13,17H,7-12H2,1-3H3. The maximum atomic E-state index is 3.60. The molecule has 1 N–H and O–H groups in total. The third kappa shape index (κ3) is 3.49. The lowest BCUT2D eigenvalue weighted by molar-refractivity contribution is 0.199. The molecule has 2 rings (SSSR count). The molecule has 1 aromatic carbocycles. The average molecular weight is 246 g/mol. The Morgan fingerprint density at radius 3 is 2.39 bits per heavy atom. The second kappa shape index (κ2) is 6.24. The molecule has 1 heterocycles. The lowest BCUT2D eigenvalue weighted by Crippen LogP contribution is -2.36. The summed E-state index contributed by atoms with van der Waals surface area (Å²) >= 11 is 0. The number of nitrogens with zero attached hydrogens (tertiary/aromatic N) is 1. The lowest BCUT2D eigenvalue weighted by atomic mass is 9.99. The molecule has 0 saturated carbocycles. The van der Waals surface area contributed by atoms with Crippen molar-refractivity contribution in [3.05, 3.63) is 29.3 Å². The first-order valence-electron chi connectivity index (χ1n) is 7.19. The molecule has 0 amide bonds. The van der Waals surface area contributed by atoms with E-state index in [1.165, 1.54) is 49.3 Å². The molecule has 18 heavy (non-hydrogen) atoms. The van der Waals surface area contributed by atoms with Crippen molar-refractivity contribution in [1.82, 2.24) is 4.90 Å². The van der Waals surface area contributed by atoms with E-state index in [0.717, 1.165) is 12.5 Å². The van der Waals surface area contributed by atoms with Crippen molar-refractivity contribution in [1.29, 1.82) is 0 Å². The van der Waals surface area contributed by atoms with Crippen LogP contribution in [0.15, 0.2) is 18.2 Å². The van der Waals surface area contributed by atoms with Crippen LogP contribution >= 0.6 is 0 Å². The fourth-order valence-corrected chi connectivity index (χ4v) is 2.72. The van der Waals surface area contributed by atoms with Gasteiger partial charge in [-0.3, -0.25) is 0 Å². The number of aryl methyl sites for hydroxylation is 2. The van der Waals surface area contributed by atoms with Crippen LogP contribution in [-0.2, 0) is 0 Å². The topological polar surface area (TPSA) is 15.3 Å². The van der Waals surface area contributed by atoms with Crippen LogP contribution in [0, 0.1) is 19.8 Å². The summed E-state index contributed by atoms with van der Waals surface area (Å²) in [6, 6.07) is 6.48. The third-order valence-electron chi connectivity index (χ3n) is 4.09. The molecular weight excluding hydrogens is 220 g/mol. The van der Waals surface area contributed by atoms with Gasteiger partial charge in [0.15, 0.2) is 0 Å². The highest BCUT2D eigenvalue weighted by Crippen LogP contribution is 2.19. The van der Waals surface area contributed by atoms with Gasteiger partial charge in [0.1, 0.15) is 0 Å². The minimum atomic E-state index is 0.924. The Balaban J connectivity index is 1.78. The van der Waals surface area contributed by atoms with Gasteiger partial charge in [-0.2, -0.15) is 0 Å². The Bertz CT molecular complexity index is 358. The molecule has 1 saturated heterocycles. The number of para-hydroxylation sites is 1. The minimum Gasteiger partial charge on any atom is -0.383 e. The van der Waals surface area contributed by atoms with Crippen LogP contribution in [0.5, 0.6) is 0 Å². The van der Waals surface area contributed by atoms with Crippen molar-refractivity contribution >= 4 is 5.69 Å². The minimum absolute atomic E-state index is 0.924. The van der Waals surface area contributed by atoms with Gasteiger partial charge in [0.25, 0.3) is 0 Å². The smallest absolute Gasteiger partial charge is 0.0400 e. The highest BCUT2D eigenvalue weighted by Gasteiger charge is 2.14. The van der Waals surface area contributed by atoms with Crippen LogP contribution in [-0.4, -0.2) is 31.1 Å². The molecule has 0 bridgehead atoms. The molecule has 0 aliphatic carbocycles. The van der Waals surface area contributed by atoms with Gasteiger partial charge in [0.2, 0.25) is 0 Å². The van der Waals surface area contributed by atoms with Gasteiger partial charge in [-0.1, -0.05) is 25.1 Å². The Hall–Kier alpha value is -1.02. The molecule has 1 aromatic rings. The number of piperidine rings is 1. The van der Waals surface area contributed by atoms with Gasteiger partial charge in [0, 0.05) is 18.8 Å². The monoisotopic (exact) mass is 246 g/mol. The van der Waals surface area contributed by atoms with Gasteiger partial charge in [-0.15, -0.1) is 0 Å². The Morgan fingerprint density at radius 1 is 1.17 bits per heavy atom. The molecule has 0 atom stereocenters. The van der Waals surface area contributed by atoms with E-state index < -0.39 is 0 Å². The van der Waals surface area contributed by atoms with E-state index in [-0.39, 0.29) is 0 Å². The molecular formula is C16H26N2. The summed E-state index contributed by atoms with van der Waals surface area (Å²) in [4.78, 5) is 2.58. The van der Waals surface area contributed by atoms with E-state index in [9.17, 15) is 0 Å². The molecule has 1 aliphatic rings. The molecule has 1 fully saturated rings. The van der Waals surface area contributed by atoms with E-state index in [1.807, 2.05) is 0 Å². The second-order valence-corrected chi connectivity index (χ2v) is 5.72. The van der Waals surface area contributed by atoms with Gasteiger partial charge < -0.3 is 10.2 Å². The zero-order chi connectivity index (χ0) is 13.0. The number of hydrogen-bond acceptors (Lipinski definition) is 2. The van der Waals surface area contributed by atoms with Gasteiger partial charge >= 0.3 is 0 Å². The summed E-state index contributed by atoms with van der Waals surface area (Å²) in [5.74, 6) is 0.924. The number of likely N-dealkylation sites (tertiary alicyclic amines) is 1.